The summed E-state index contributed by atoms with van der Waals surface area (Å²) < 4.78 is 10.3. The number of ether oxygens (including phenoxy) is 2. The Morgan fingerprint density at radius 3 is 2.41 bits per heavy atom. The zero-order chi connectivity index (χ0) is 12.4. The summed E-state index contributed by atoms with van der Waals surface area (Å²) in [4.78, 5) is 0. The average Bonchev–Trinajstić information content (AvgIpc) is 3.20. The summed E-state index contributed by atoms with van der Waals surface area (Å²) >= 11 is 0. The molecule has 0 saturated heterocycles. The van der Waals surface area contributed by atoms with Crippen LogP contribution in [0.5, 0.6) is 11.5 Å². The van der Waals surface area contributed by atoms with Crippen LogP contribution < -0.4 is 9.47 Å². The SMILES string of the molecule is COc1ccc(OC)c(C(O)C(O)C2CC2)c1. The quantitative estimate of drug-likeness (QED) is 0.816. The Hall–Kier alpha value is -1.26. The second kappa shape index (κ2) is 4.94. The summed E-state index contributed by atoms with van der Waals surface area (Å²) in [6, 6.07) is 5.20. The van der Waals surface area contributed by atoms with Gasteiger partial charge in [0.25, 0.3) is 0 Å². The minimum absolute atomic E-state index is 0.209. The maximum Gasteiger partial charge on any atom is 0.125 e. The van der Waals surface area contributed by atoms with Crippen molar-refractivity contribution in [2.24, 2.45) is 5.92 Å². The van der Waals surface area contributed by atoms with Gasteiger partial charge in [-0.05, 0) is 37.0 Å². The lowest BCUT2D eigenvalue weighted by molar-refractivity contribution is 0.00352. The number of aliphatic hydroxyl groups is 2. The lowest BCUT2D eigenvalue weighted by atomic mass is 10.00. The molecule has 0 heterocycles. The molecular formula is C13H18O4. The summed E-state index contributed by atoms with van der Waals surface area (Å²) in [7, 11) is 3.11. The van der Waals surface area contributed by atoms with Crippen LogP contribution in [-0.2, 0) is 0 Å². The molecule has 0 spiro atoms. The first-order valence-corrected chi connectivity index (χ1v) is 5.75. The van der Waals surface area contributed by atoms with Crippen LogP contribution in [0, 0.1) is 5.92 Å². The molecule has 1 fully saturated rings. The van der Waals surface area contributed by atoms with Gasteiger partial charge < -0.3 is 19.7 Å². The van der Waals surface area contributed by atoms with Gasteiger partial charge in [0.05, 0.1) is 20.3 Å². The molecule has 0 amide bonds. The van der Waals surface area contributed by atoms with E-state index < -0.39 is 12.2 Å². The molecule has 1 saturated carbocycles. The van der Waals surface area contributed by atoms with Crippen LogP contribution in [0.4, 0.5) is 0 Å². The van der Waals surface area contributed by atoms with E-state index in [1.165, 1.54) is 0 Å². The van der Waals surface area contributed by atoms with Gasteiger partial charge in [-0.2, -0.15) is 0 Å². The molecule has 94 valence electrons. The molecule has 2 rings (SSSR count). The third-order valence-electron chi connectivity index (χ3n) is 3.18. The molecular weight excluding hydrogens is 220 g/mol. The van der Waals surface area contributed by atoms with Crippen molar-refractivity contribution < 1.29 is 19.7 Å². The minimum Gasteiger partial charge on any atom is -0.497 e. The van der Waals surface area contributed by atoms with Gasteiger partial charge in [0, 0.05) is 5.56 Å². The Labute approximate surface area is 101 Å². The van der Waals surface area contributed by atoms with Gasteiger partial charge in [-0.1, -0.05) is 0 Å². The van der Waals surface area contributed by atoms with Crippen molar-refractivity contribution in [1.82, 2.24) is 0 Å². The third kappa shape index (κ3) is 2.53. The highest BCUT2D eigenvalue weighted by Gasteiger charge is 2.36. The maximum atomic E-state index is 10.1. The smallest absolute Gasteiger partial charge is 0.125 e. The Kier molecular flexibility index (Phi) is 3.54. The Balaban J connectivity index is 2.27. The van der Waals surface area contributed by atoms with E-state index >= 15 is 0 Å². The van der Waals surface area contributed by atoms with Crippen molar-refractivity contribution >= 4 is 0 Å². The number of hydrogen-bond donors (Lipinski definition) is 2. The zero-order valence-electron chi connectivity index (χ0n) is 10.1. The summed E-state index contributed by atoms with van der Waals surface area (Å²) in [5.41, 5.74) is 0.575. The van der Waals surface area contributed by atoms with Crippen molar-refractivity contribution in [3.63, 3.8) is 0 Å². The van der Waals surface area contributed by atoms with Gasteiger partial charge in [0.2, 0.25) is 0 Å². The largest absolute Gasteiger partial charge is 0.497 e. The Morgan fingerprint density at radius 2 is 1.88 bits per heavy atom. The van der Waals surface area contributed by atoms with E-state index in [1.54, 1.807) is 32.4 Å². The first-order valence-electron chi connectivity index (χ1n) is 5.75. The molecule has 17 heavy (non-hydrogen) atoms. The standard InChI is InChI=1S/C13H18O4/c1-16-9-5-6-11(17-2)10(7-9)13(15)12(14)8-3-4-8/h5-8,12-15H,3-4H2,1-2H3. The molecule has 4 heteroatoms. The van der Waals surface area contributed by atoms with Gasteiger partial charge in [-0.25, -0.2) is 0 Å². The van der Waals surface area contributed by atoms with E-state index in [4.69, 9.17) is 9.47 Å². The summed E-state index contributed by atoms with van der Waals surface area (Å²) in [5, 5.41) is 20.1. The second-order valence-electron chi connectivity index (χ2n) is 4.38. The van der Waals surface area contributed by atoms with Gasteiger partial charge >= 0.3 is 0 Å². The molecule has 2 N–H and O–H groups in total. The van der Waals surface area contributed by atoms with Gasteiger partial charge in [-0.3, -0.25) is 0 Å². The third-order valence-corrected chi connectivity index (χ3v) is 3.18. The van der Waals surface area contributed by atoms with Crippen LogP contribution in [0.3, 0.4) is 0 Å². The van der Waals surface area contributed by atoms with Crippen LogP contribution in [0.25, 0.3) is 0 Å². The second-order valence-corrected chi connectivity index (χ2v) is 4.38. The first-order chi connectivity index (χ1) is 8.17. The van der Waals surface area contributed by atoms with Crippen molar-refractivity contribution in [1.29, 1.82) is 0 Å². The van der Waals surface area contributed by atoms with Crippen molar-refractivity contribution in [3.8, 4) is 11.5 Å². The highest BCUT2D eigenvalue weighted by atomic mass is 16.5. The fourth-order valence-electron chi connectivity index (χ4n) is 1.95. The number of hydrogen-bond acceptors (Lipinski definition) is 4. The monoisotopic (exact) mass is 238 g/mol. The molecule has 0 radical (unpaired) electrons. The summed E-state index contributed by atoms with van der Waals surface area (Å²) in [6.45, 7) is 0. The van der Waals surface area contributed by atoms with Crippen molar-refractivity contribution in [3.05, 3.63) is 23.8 Å². The summed E-state index contributed by atoms with van der Waals surface area (Å²) in [6.07, 6.45) is 0.304. The first kappa shape index (κ1) is 12.2. The van der Waals surface area contributed by atoms with E-state index in [0.717, 1.165) is 12.8 Å². The molecule has 4 nitrogen and oxygen atoms in total. The van der Waals surface area contributed by atoms with Crippen LogP contribution in [0.1, 0.15) is 24.5 Å². The van der Waals surface area contributed by atoms with E-state index in [2.05, 4.69) is 0 Å². The van der Waals surface area contributed by atoms with Crippen molar-refractivity contribution in [2.75, 3.05) is 14.2 Å². The average molecular weight is 238 g/mol. The molecule has 0 aromatic heterocycles. The Morgan fingerprint density at radius 1 is 1.18 bits per heavy atom. The maximum absolute atomic E-state index is 10.1. The number of aliphatic hydroxyl groups excluding tert-OH is 2. The van der Waals surface area contributed by atoms with E-state index in [1.807, 2.05) is 0 Å². The molecule has 1 aliphatic carbocycles. The summed E-state index contributed by atoms with van der Waals surface area (Å²) in [5.74, 6) is 1.42. The van der Waals surface area contributed by atoms with Gasteiger partial charge in [0.15, 0.2) is 0 Å². The normalized spacial score (nSPS) is 18.6. The van der Waals surface area contributed by atoms with E-state index in [0.29, 0.717) is 17.1 Å². The molecule has 1 aromatic carbocycles. The van der Waals surface area contributed by atoms with Crippen LogP contribution >= 0.6 is 0 Å². The van der Waals surface area contributed by atoms with Crippen LogP contribution in [0.2, 0.25) is 0 Å². The van der Waals surface area contributed by atoms with E-state index in [9.17, 15) is 10.2 Å². The highest BCUT2D eigenvalue weighted by Crippen LogP contribution is 2.40. The molecule has 0 bridgehead atoms. The predicted octanol–water partition coefficient (Wildman–Crippen LogP) is 1.51. The number of rotatable bonds is 5. The molecule has 1 aliphatic rings. The van der Waals surface area contributed by atoms with Crippen LogP contribution in [-0.4, -0.2) is 30.5 Å². The number of benzene rings is 1. The topological polar surface area (TPSA) is 58.9 Å². The number of methoxy groups -OCH3 is 2. The highest BCUT2D eigenvalue weighted by molar-refractivity contribution is 5.42. The molecule has 2 atom stereocenters. The van der Waals surface area contributed by atoms with Crippen LogP contribution in [0.15, 0.2) is 18.2 Å². The van der Waals surface area contributed by atoms with Crippen molar-refractivity contribution in [2.45, 2.75) is 25.0 Å². The zero-order valence-corrected chi connectivity index (χ0v) is 10.1. The minimum atomic E-state index is -0.924. The fraction of sp³-hybridized carbons (Fsp3) is 0.538. The predicted molar refractivity (Wildman–Crippen MR) is 63.2 cm³/mol. The van der Waals surface area contributed by atoms with Gasteiger partial charge in [0.1, 0.15) is 17.6 Å². The molecule has 0 aliphatic heterocycles. The Bertz CT molecular complexity index is 387. The molecule has 1 aromatic rings. The lowest BCUT2D eigenvalue weighted by Crippen LogP contribution is -2.20. The lowest BCUT2D eigenvalue weighted by Gasteiger charge is -2.20. The van der Waals surface area contributed by atoms with Gasteiger partial charge in [-0.15, -0.1) is 0 Å². The fourth-order valence-corrected chi connectivity index (χ4v) is 1.95. The molecule has 2 unspecified atom stereocenters. The van der Waals surface area contributed by atoms with E-state index in [-0.39, 0.29) is 5.92 Å².